The van der Waals surface area contributed by atoms with E-state index in [2.05, 4.69) is 10.5 Å². The van der Waals surface area contributed by atoms with Crippen LogP contribution in [-0.4, -0.2) is 62.8 Å². The number of nitrogens with zero attached hydrogens (tertiary/aromatic N) is 3. The van der Waals surface area contributed by atoms with Gasteiger partial charge in [-0.3, -0.25) is 9.59 Å². The lowest BCUT2D eigenvalue weighted by Crippen LogP contribution is -3.00. The van der Waals surface area contributed by atoms with Crippen molar-refractivity contribution in [2.24, 2.45) is 7.05 Å². The number of thioether (sulfide) groups is 1. The molecular formula is C27H26ClIN4O7S. The molecule has 2 saturated heterocycles. The van der Waals surface area contributed by atoms with Crippen LogP contribution in [0.2, 0.25) is 5.02 Å². The third-order valence-electron chi connectivity index (χ3n) is 6.74. The first kappa shape index (κ1) is 30.8. The Kier molecular flexibility index (Phi) is 8.99. The molecule has 216 valence electrons. The number of rotatable bonds is 7. The van der Waals surface area contributed by atoms with Crippen LogP contribution in [0.1, 0.15) is 40.3 Å². The maximum atomic E-state index is 13.3. The molecule has 3 aromatic rings. The van der Waals surface area contributed by atoms with Crippen molar-refractivity contribution in [3.8, 4) is 11.3 Å². The smallest absolute Gasteiger partial charge is 0.347 e. The van der Waals surface area contributed by atoms with Crippen molar-refractivity contribution < 1.29 is 61.7 Å². The van der Waals surface area contributed by atoms with E-state index in [0.29, 0.717) is 16.1 Å². The number of carbonyl (C=O) groups is 4. The van der Waals surface area contributed by atoms with Gasteiger partial charge in [-0.2, -0.15) is 0 Å². The van der Waals surface area contributed by atoms with E-state index in [9.17, 15) is 19.2 Å². The van der Waals surface area contributed by atoms with Crippen molar-refractivity contribution in [2.45, 2.75) is 43.0 Å². The number of β-lactam (4-membered cyclic amide) rings is 1. The van der Waals surface area contributed by atoms with Gasteiger partial charge >= 0.3 is 11.9 Å². The number of carbonyl (C=O) groups excluding carboxylic acids is 4. The zero-order valence-electron chi connectivity index (χ0n) is 22.4. The number of aromatic nitrogens is 2. The van der Waals surface area contributed by atoms with Crippen LogP contribution in [0.25, 0.3) is 11.3 Å². The summed E-state index contributed by atoms with van der Waals surface area (Å²) >= 11 is 7.67. The molecule has 2 aliphatic rings. The molecule has 1 aromatic carbocycles. The highest BCUT2D eigenvalue weighted by molar-refractivity contribution is 8.01. The third kappa shape index (κ3) is 5.79. The molecule has 0 radical (unpaired) electrons. The maximum Gasteiger partial charge on any atom is 0.347 e. The predicted molar refractivity (Wildman–Crippen MR) is 143 cm³/mol. The van der Waals surface area contributed by atoms with Gasteiger partial charge in [-0.05, 0) is 32.9 Å². The molecule has 2 amide bonds. The van der Waals surface area contributed by atoms with Crippen LogP contribution < -0.4 is 33.9 Å². The highest BCUT2D eigenvalue weighted by atomic mass is 127. The molecule has 41 heavy (non-hydrogen) atoms. The fourth-order valence-electron chi connectivity index (χ4n) is 4.83. The van der Waals surface area contributed by atoms with E-state index in [4.69, 9.17) is 25.6 Å². The molecule has 2 unspecified atom stereocenters. The minimum atomic E-state index is -0.938. The lowest BCUT2D eigenvalue weighted by Gasteiger charge is -2.43. The van der Waals surface area contributed by atoms with Gasteiger partial charge in [-0.25, -0.2) is 14.2 Å². The lowest BCUT2D eigenvalue weighted by molar-refractivity contribution is -0.671. The van der Waals surface area contributed by atoms with Crippen molar-refractivity contribution >= 4 is 47.1 Å². The van der Waals surface area contributed by atoms with Crippen LogP contribution in [-0.2, 0) is 26.1 Å². The first-order chi connectivity index (χ1) is 19.0. The highest BCUT2D eigenvalue weighted by Crippen LogP contribution is 2.51. The molecule has 0 spiro atoms. The fraction of sp³-hybridized carbons (Fsp3) is 0.333. The van der Waals surface area contributed by atoms with Gasteiger partial charge in [-0.15, -0.1) is 11.8 Å². The van der Waals surface area contributed by atoms with E-state index in [1.54, 1.807) is 67.3 Å². The molecule has 5 rings (SSSR count). The molecule has 2 aliphatic heterocycles. The first-order valence-corrected chi connectivity index (χ1v) is 13.6. The Morgan fingerprint density at radius 2 is 1.93 bits per heavy atom. The van der Waals surface area contributed by atoms with Gasteiger partial charge in [0.15, 0.2) is 12.4 Å². The van der Waals surface area contributed by atoms with Gasteiger partial charge < -0.3 is 48.2 Å². The number of amides is 2. The van der Waals surface area contributed by atoms with Crippen LogP contribution in [0.15, 0.2) is 53.3 Å². The van der Waals surface area contributed by atoms with E-state index in [1.807, 2.05) is 13.8 Å². The number of benzene rings is 1. The number of ether oxygens (including phenoxy) is 2. The van der Waals surface area contributed by atoms with E-state index < -0.39 is 52.8 Å². The molecule has 4 heterocycles. The summed E-state index contributed by atoms with van der Waals surface area (Å²) in [5.74, 6) is -2.06. The molecule has 0 saturated carbocycles. The minimum Gasteiger partial charge on any atom is -1.00 e. The summed E-state index contributed by atoms with van der Waals surface area (Å²) < 4.78 is 16.5. The molecular weight excluding hydrogens is 687 g/mol. The number of pyridine rings is 1. The molecule has 0 aliphatic carbocycles. The average Bonchev–Trinajstić information content (AvgIpc) is 3.41. The van der Waals surface area contributed by atoms with Crippen molar-refractivity contribution in [1.82, 2.24) is 15.4 Å². The van der Waals surface area contributed by atoms with Gasteiger partial charge in [0.1, 0.15) is 47.1 Å². The minimum absolute atomic E-state index is 0. The summed E-state index contributed by atoms with van der Waals surface area (Å²) in [6.45, 7) is 4.62. The molecule has 1 N–H and O–H groups in total. The van der Waals surface area contributed by atoms with E-state index in [1.165, 1.54) is 16.7 Å². The normalized spacial score (nSPS) is 20.4. The van der Waals surface area contributed by atoms with Gasteiger partial charge in [0.2, 0.25) is 12.7 Å². The Labute approximate surface area is 261 Å². The summed E-state index contributed by atoms with van der Waals surface area (Å²) in [6.07, 6.45) is 3.34. The number of hydrogen-bond acceptors (Lipinski definition) is 9. The highest BCUT2D eigenvalue weighted by Gasteiger charge is 2.64. The number of esters is 2. The number of aryl methyl sites for hydroxylation is 2. The van der Waals surface area contributed by atoms with Crippen LogP contribution >= 0.6 is 23.4 Å². The monoisotopic (exact) mass is 712 g/mol. The topological polar surface area (TPSA) is 132 Å². The van der Waals surface area contributed by atoms with E-state index in [0.717, 1.165) is 0 Å². The second-order valence-electron chi connectivity index (χ2n) is 9.92. The van der Waals surface area contributed by atoms with Gasteiger partial charge in [0.05, 0.1) is 5.02 Å². The van der Waals surface area contributed by atoms with Crippen molar-refractivity contribution in [3.63, 3.8) is 0 Å². The first-order valence-electron chi connectivity index (χ1n) is 12.3. The zero-order chi connectivity index (χ0) is 28.8. The average molecular weight is 713 g/mol. The molecule has 2 fully saturated rings. The summed E-state index contributed by atoms with van der Waals surface area (Å²) in [5.41, 5.74) is 1.26. The number of hydrogen-bond donors (Lipinski definition) is 1. The SMILES string of the molecule is Cc1onc(-c2ccccc2Cl)c1C(=O)NC1C(=O)N2C1SC(C)(C)[C@@H]2C(=O)OCOC(=O)c1ccc[n+](C)c1.[I-]. The van der Waals surface area contributed by atoms with Gasteiger partial charge in [-0.1, -0.05) is 35.0 Å². The van der Waals surface area contributed by atoms with Crippen LogP contribution in [0.3, 0.4) is 0 Å². The quantitative estimate of drug-likeness (QED) is 0.115. The van der Waals surface area contributed by atoms with Crippen molar-refractivity contribution in [3.05, 3.63) is 70.7 Å². The maximum absolute atomic E-state index is 13.3. The molecule has 0 bridgehead atoms. The second-order valence-corrected chi connectivity index (χ2v) is 12.1. The van der Waals surface area contributed by atoms with E-state index >= 15 is 0 Å². The molecule has 3 atom stereocenters. The second kappa shape index (κ2) is 12.0. The Bertz CT molecular complexity index is 1530. The molecule has 11 nitrogen and oxygen atoms in total. The Hall–Kier alpha value is -3.17. The Balaban J connectivity index is 0.00000387. The van der Waals surface area contributed by atoms with Gasteiger partial charge in [0.25, 0.3) is 5.91 Å². The Morgan fingerprint density at radius 3 is 2.63 bits per heavy atom. The predicted octanol–water partition coefficient (Wildman–Crippen LogP) is -0.350. The third-order valence-corrected chi connectivity index (χ3v) is 8.64. The van der Waals surface area contributed by atoms with Crippen LogP contribution in [0.5, 0.6) is 0 Å². The number of nitrogens with one attached hydrogen (secondary N) is 1. The standard InChI is InChI=1S/C27H25ClN4O7S.HI/c1-14-18(19(30-39-14)16-9-5-6-10-17(16)28)22(33)29-20-23(34)32-21(27(2,3)40-24(20)32)26(36)38-13-37-25(35)15-8-7-11-31(4)12-15;/h5-12,20-21,24H,13H2,1-4H3;1H/t20?,21-,24?;/m0./s1. The van der Waals surface area contributed by atoms with Crippen LogP contribution in [0, 0.1) is 6.92 Å². The largest absolute Gasteiger partial charge is 1.00 e. The van der Waals surface area contributed by atoms with Crippen molar-refractivity contribution in [1.29, 1.82) is 0 Å². The van der Waals surface area contributed by atoms with Gasteiger partial charge in [0, 0.05) is 16.4 Å². The van der Waals surface area contributed by atoms with Crippen LogP contribution in [0.4, 0.5) is 0 Å². The Morgan fingerprint density at radius 1 is 1.20 bits per heavy atom. The fourth-order valence-corrected chi connectivity index (χ4v) is 6.67. The van der Waals surface area contributed by atoms with Crippen molar-refractivity contribution in [2.75, 3.05) is 6.79 Å². The summed E-state index contributed by atoms with van der Waals surface area (Å²) in [5, 5.41) is 6.68. The summed E-state index contributed by atoms with van der Waals surface area (Å²) in [7, 11) is 1.76. The summed E-state index contributed by atoms with van der Waals surface area (Å²) in [4.78, 5) is 53.2. The molecule has 2 aromatic heterocycles. The summed E-state index contributed by atoms with van der Waals surface area (Å²) in [6, 6.07) is 8.37. The lowest BCUT2D eigenvalue weighted by atomic mass is 9.95. The van der Waals surface area contributed by atoms with E-state index in [-0.39, 0.29) is 41.0 Å². The zero-order valence-corrected chi connectivity index (χ0v) is 26.2. The number of halogens is 2. The number of fused-ring (bicyclic) bond motifs is 1. The molecule has 14 heteroatoms.